The van der Waals surface area contributed by atoms with Gasteiger partial charge < -0.3 is 20.1 Å². The Balaban J connectivity index is 2.44. The van der Waals surface area contributed by atoms with E-state index in [-0.39, 0.29) is 22.8 Å². The zero-order valence-electron chi connectivity index (χ0n) is 12.9. The Kier molecular flexibility index (Phi) is 5.51. The minimum Gasteiger partial charge on any atom is -0.506 e. The number of aliphatic hydroxyl groups excluding tert-OH is 1. The van der Waals surface area contributed by atoms with E-state index in [4.69, 9.17) is 16.3 Å². The lowest BCUT2D eigenvalue weighted by Crippen LogP contribution is -2.30. The number of phenols is 2. The third kappa shape index (κ3) is 3.38. The number of carbonyl (C=O) groups is 2. The first-order chi connectivity index (χ1) is 11.4. The predicted molar refractivity (Wildman–Crippen MR) is 87.6 cm³/mol. The summed E-state index contributed by atoms with van der Waals surface area (Å²) >= 11 is 5.84. The molecule has 0 fully saturated rings. The molecule has 2 rings (SSSR count). The van der Waals surface area contributed by atoms with Gasteiger partial charge >= 0.3 is 0 Å². The van der Waals surface area contributed by atoms with Gasteiger partial charge in [-0.3, -0.25) is 9.59 Å². The largest absolute Gasteiger partial charge is 0.506 e. The molecule has 2 atom stereocenters. The summed E-state index contributed by atoms with van der Waals surface area (Å²) in [5.74, 6) is -2.71. The van der Waals surface area contributed by atoms with Gasteiger partial charge in [0.15, 0.2) is 12.1 Å². The van der Waals surface area contributed by atoms with Crippen molar-refractivity contribution < 1.29 is 29.6 Å². The molecule has 0 bridgehead atoms. The molecule has 0 saturated carbocycles. The molecule has 0 spiro atoms. The van der Waals surface area contributed by atoms with Crippen molar-refractivity contribution in [3.63, 3.8) is 0 Å². The third-order valence-electron chi connectivity index (χ3n) is 3.78. The van der Waals surface area contributed by atoms with Crippen molar-refractivity contribution in [1.82, 2.24) is 0 Å². The highest BCUT2D eigenvalue weighted by Gasteiger charge is 2.33. The lowest BCUT2D eigenvalue weighted by atomic mass is 9.87. The summed E-state index contributed by atoms with van der Waals surface area (Å²) in [7, 11) is 0. The standard InChI is InChI=1S/C17H17ClO6/c1-2-4-9(13-5-3-6-14(20)24-13)15(21)10-7-12(18)17(23)11(8-19)16(10)22/h3,5-9,13,20,22-23H,2,4H2,1H3/t9-,13+/m0/s1. The van der Waals surface area contributed by atoms with Gasteiger partial charge in [-0.2, -0.15) is 0 Å². The highest BCUT2D eigenvalue weighted by Crippen LogP contribution is 2.38. The lowest BCUT2D eigenvalue weighted by molar-refractivity contribution is 0.0212. The molecule has 7 heteroatoms. The van der Waals surface area contributed by atoms with Gasteiger partial charge in [0.1, 0.15) is 23.2 Å². The van der Waals surface area contributed by atoms with Crippen molar-refractivity contribution in [3.05, 3.63) is 46.4 Å². The van der Waals surface area contributed by atoms with Crippen molar-refractivity contribution in [2.45, 2.75) is 25.9 Å². The Morgan fingerprint density at radius 2 is 2.08 bits per heavy atom. The smallest absolute Gasteiger partial charge is 0.277 e. The van der Waals surface area contributed by atoms with Crippen LogP contribution >= 0.6 is 11.6 Å². The van der Waals surface area contributed by atoms with Crippen LogP contribution in [-0.2, 0) is 4.74 Å². The van der Waals surface area contributed by atoms with E-state index < -0.39 is 34.9 Å². The van der Waals surface area contributed by atoms with Crippen LogP contribution in [0.1, 0.15) is 40.5 Å². The molecule has 1 aromatic carbocycles. The number of rotatable bonds is 6. The summed E-state index contributed by atoms with van der Waals surface area (Å²) in [6.07, 6.45) is 5.14. The van der Waals surface area contributed by atoms with E-state index in [1.165, 1.54) is 6.08 Å². The topological polar surface area (TPSA) is 104 Å². The van der Waals surface area contributed by atoms with E-state index in [2.05, 4.69) is 0 Å². The van der Waals surface area contributed by atoms with Crippen LogP contribution in [0.15, 0.2) is 30.2 Å². The molecule has 6 nitrogen and oxygen atoms in total. The second-order valence-electron chi connectivity index (χ2n) is 5.37. The van der Waals surface area contributed by atoms with E-state index in [1.807, 2.05) is 6.92 Å². The number of ether oxygens (including phenoxy) is 1. The lowest BCUT2D eigenvalue weighted by Gasteiger charge is -2.26. The maximum atomic E-state index is 12.9. The fraction of sp³-hybridized carbons (Fsp3) is 0.294. The Morgan fingerprint density at radius 3 is 2.67 bits per heavy atom. The average Bonchev–Trinajstić information content (AvgIpc) is 2.56. The molecule has 0 saturated heterocycles. The first kappa shape index (κ1) is 17.9. The van der Waals surface area contributed by atoms with Crippen molar-refractivity contribution in [2.75, 3.05) is 0 Å². The highest BCUT2D eigenvalue weighted by atomic mass is 35.5. The van der Waals surface area contributed by atoms with Crippen LogP contribution in [0.3, 0.4) is 0 Å². The van der Waals surface area contributed by atoms with E-state index in [0.29, 0.717) is 12.8 Å². The Labute approximate surface area is 143 Å². The fourth-order valence-electron chi connectivity index (χ4n) is 2.59. The van der Waals surface area contributed by atoms with Crippen molar-refractivity contribution in [1.29, 1.82) is 0 Å². The number of aromatic hydroxyl groups is 2. The number of Topliss-reactive ketones (excluding diaryl/α,β-unsaturated/α-hetero) is 1. The Bertz CT molecular complexity index is 722. The summed E-state index contributed by atoms with van der Waals surface area (Å²) in [5, 5.41) is 29.1. The first-order valence-electron chi connectivity index (χ1n) is 7.38. The van der Waals surface area contributed by atoms with Gasteiger partial charge in [0.25, 0.3) is 5.95 Å². The zero-order valence-corrected chi connectivity index (χ0v) is 13.7. The Morgan fingerprint density at radius 1 is 1.38 bits per heavy atom. The van der Waals surface area contributed by atoms with Crippen LogP contribution in [0.2, 0.25) is 5.02 Å². The summed E-state index contributed by atoms with van der Waals surface area (Å²) in [6.45, 7) is 1.88. The van der Waals surface area contributed by atoms with Crippen LogP contribution in [0.4, 0.5) is 0 Å². The number of aldehydes is 1. The molecule has 0 aromatic heterocycles. The van der Waals surface area contributed by atoms with Crippen molar-refractivity contribution >= 4 is 23.7 Å². The highest BCUT2D eigenvalue weighted by molar-refractivity contribution is 6.33. The molecule has 0 radical (unpaired) electrons. The quantitative estimate of drug-likeness (QED) is 0.534. The van der Waals surface area contributed by atoms with Crippen molar-refractivity contribution in [3.8, 4) is 11.5 Å². The van der Waals surface area contributed by atoms with Gasteiger partial charge in [-0.05, 0) is 18.6 Å². The van der Waals surface area contributed by atoms with Gasteiger partial charge in [-0.15, -0.1) is 0 Å². The molecule has 0 aliphatic carbocycles. The maximum Gasteiger partial charge on any atom is 0.277 e. The number of carbonyl (C=O) groups excluding carboxylic acids is 2. The number of phenolic OH excluding ortho intramolecular Hbond substituents is 2. The second-order valence-corrected chi connectivity index (χ2v) is 5.77. The number of aliphatic hydroxyl groups is 1. The monoisotopic (exact) mass is 352 g/mol. The zero-order chi connectivity index (χ0) is 17.9. The number of hydrogen-bond donors (Lipinski definition) is 3. The van der Waals surface area contributed by atoms with Gasteiger partial charge in [0.05, 0.1) is 16.5 Å². The SMILES string of the molecule is CCC[C@H](C(=O)c1cc(Cl)c(O)c(C=O)c1O)[C@H]1C=CC=C(O)O1. The number of hydrogen-bond acceptors (Lipinski definition) is 6. The summed E-state index contributed by atoms with van der Waals surface area (Å²) in [6, 6.07) is 1.12. The minimum absolute atomic E-state index is 0.176. The molecule has 1 heterocycles. The normalized spacial score (nSPS) is 17.8. The molecule has 1 aliphatic rings. The molecule has 24 heavy (non-hydrogen) atoms. The third-order valence-corrected chi connectivity index (χ3v) is 4.06. The molecule has 1 aliphatic heterocycles. The summed E-state index contributed by atoms with van der Waals surface area (Å²) in [4.78, 5) is 23.9. The van der Waals surface area contributed by atoms with Crippen LogP contribution in [0.25, 0.3) is 0 Å². The van der Waals surface area contributed by atoms with Crippen LogP contribution < -0.4 is 0 Å². The van der Waals surface area contributed by atoms with Crippen LogP contribution in [-0.4, -0.2) is 33.5 Å². The molecule has 1 aromatic rings. The molecule has 0 unspecified atom stereocenters. The molecule has 3 N–H and O–H groups in total. The van der Waals surface area contributed by atoms with E-state index in [0.717, 1.165) is 6.07 Å². The number of benzene rings is 1. The first-order valence-corrected chi connectivity index (χ1v) is 7.76. The van der Waals surface area contributed by atoms with E-state index in [1.54, 1.807) is 12.2 Å². The van der Waals surface area contributed by atoms with Gasteiger partial charge in [0.2, 0.25) is 0 Å². The fourth-order valence-corrected chi connectivity index (χ4v) is 2.80. The van der Waals surface area contributed by atoms with E-state index in [9.17, 15) is 24.9 Å². The van der Waals surface area contributed by atoms with Crippen LogP contribution in [0, 0.1) is 5.92 Å². The molecule has 128 valence electrons. The summed E-state index contributed by atoms with van der Waals surface area (Å²) in [5.41, 5.74) is -0.617. The average molecular weight is 353 g/mol. The van der Waals surface area contributed by atoms with E-state index >= 15 is 0 Å². The summed E-state index contributed by atoms with van der Waals surface area (Å²) < 4.78 is 5.27. The molecule has 0 amide bonds. The van der Waals surface area contributed by atoms with Gasteiger partial charge in [-0.1, -0.05) is 31.0 Å². The van der Waals surface area contributed by atoms with Gasteiger partial charge in [0, 0.05) is 6.08 Å². The molecular formula is C17H17ClO6. The minimum atomic E-state index is -0.714. The van der Waals surface area contributed by atoms with Gasteiger partial charge in [-0.25, -0.2) is 0 Å². The Hall–Kier alpha value is -2.47. The van der Waals surface area contributed by atoms with Crippen LogP contribution in [0.5, 0.6) is 11.5 Å². The second kappa shape index (κ2) is 7.40. The predicted octanol–water partition coefficient (Wildman–Crippen LogP) is 3.52. The van der Waals surface area contributed by atoms with Crippen molar-refractivity contribution in [2.24, 2.45) is 5.92 Å². The maximum absolute atomic E-state index is 12.9. The number of ketones is 1. The number of allylic oxidation sites excluding steroid dienone is 2. The molecular weight excluding hydrogens is 336 g/mol. The number of halogens is 1.